The molecule has 0 bridgehead atoms. The fraction of sp³-hybridized carbons (Fsp3) is 0. The van der Waals surface area contributed by atoms with Gasteiger partial charge in [-0.2, -0.15) is 0 Å². The Morgan fingerprint density at radius 2 is 1.03 bits per heavy atom. The first-order valence-electron chi connectivity index (χ1n) is 11.3. The maximum absolute atomic E-state index is 2.36. The van der Waals surface area contributed by atoms with E-state index in [1.54, 1.807) is 0 Å². The lowest BCUT2D eigenvalue weighted by Gasteiger charge is -2.14. The van der Waals surface area contributed by atoms with Gasteiger partial charge in [0.05, 0.1) is 0 Å². The molecule has 0 saturated carbocycles. The molecule has 154 valence electrons. The van der Waals surface area contributed by atoms with Crippen molar-refractivity contribution in [2.24, 2.45) is 0 Å². The summed E-state index contributed by atoms with van der Waals surface area (Å²) in [6.07, 6.45) is 0. The lowest BCUT2D eigenvalue weighted by molar-refractivity contribution is 1.66. The molecule has 6 aromatic carbocycles. The lowest BCUT2D eigenvalue weighted by atomic mass is 9.90. The number of thiophene rings is 1. The second kappa shape index (κ2) is 7.30. The highest BCUT2D eigenvalue weighted by Crippen LogP contribution is 2.47. The van der Waals surface area contributed by atoms with Crippen LogP contribution in [-0.2, 0) is 0 Å². The summed E-state index contributed by atoms with van der Waals surface area (Å²) < 4.78 is 0. The average Bonchev–Trinajstić information content (AvgIpc) is 3.34. The summed E-state index contributed by atoms with van der Waals surface area (Å²) >= 11 is 1.89. The van der Waals surface area contributed by atoms with E-state index in [1.165, 1.54) is 64.3 Å². The van der Waals surface area contributed by atoms with Gasteiger partial charge in [0.25, 0.3) is 0 Å². The molecule has 0 aliphatic carbocycles. The van der Waals surface area contributed by atoms with Crippen molar-refractivity contribution in [3.63, 3.8) is 0 Å². The monoisotopic (exact) mass is 436 g/mol. The van der Waals surface area contributed by atoms with Gasteiger partial charge in [0.1, 0.15) is 0 Å². The first-order chi connectivity index (χ1) is 16.4. The van der Waals surface area contributed by atoms with Gasteiger partial charge in [-0.3, -0.25) is 0 Å². The molecule has 1 heteroatoms. The van der Waals surface area contributed by atoms with Gasteiger partial charge in [0.15, 0.2) is 0 Å². The van der Waals surface area contributed by atoms with Crippen molar-refractivity contribution >= 4 is 43.7 Å². The number of hydrogen-bond acceptors (Lipinski definition) is 1. The first kappa shape index (κ1) is 18.6. The van der Waals surface area contributed by atoms with Crippen molar-refractivity contribution in [2.45, 2.75) is 0 Å². The molecule has 0 saturated heterocycles. The van der Waals surface area contributed by atoms with Gasteiger partial charge in [0.2, 0.25) is 0 Å². The summed E-state index contributed by atoms with van der Waals surface area (Å²) in [6.45, 7) is 0. The van der Waals surface area contributed by atoms with Gasteiger partial charge in [-0.05, 0) is 49.5 Å². The molecule has 0 aliphatic rings. The van der Waals surface area contributed by atoms with E-state index < -0.39 is 0 Å². The predicted molar refractivity (Wildman–Crippen MR) is 144 cm³/mol. The van der Waals surface area contributed by atoms with Gasteiger partial charge in [-0.1, -0.05) is 115 Å². The van der Waals surface area contributed by atoms with E-state index in [0.717, 1.165) is 0 Å². The average molecular weight is 437 g/mol. The fourth-order valence-corrected chi connectivity index (χ4v) is 6.33. The van der Waals surface area contributed by atoms with E-state index in [9.17, 15) is 0 Å². The zero-order valence-electron chi connectivity index (χ0n) is 18.0. The van der Waals surface area contributed by atoms with Crippen LogP contribution in [0.15, 0.2) is 121 Å². The van der Waals surface area contributed by atoms with Gasteiger partial charge in [-0.15, -0.1) is 11.3 Å². The molecule has 0 fully saturated rings. The molecule has 0 nitrogen and oxygen atoms in total. The van der Waals surface area contributed by atoms with E-state index in [1.807, 2.05) is 11.3 Å². The van der Waals surface area contributed by atoms with Crippen LogP contribution in [0.1, 0.15) is 0 Å². The number of benzene rings is 6. The van der Waals surface area contributed by atoms with Crippen LogP contribution in [0.5, 0.6) is 0 Å². The third-order valence-corrected chi connectivity index (χ3v) is 7.87. The van der Waals surface area contributed by atoms with Crippen LogP contribution in [-0.4, -0.2) is 0 Å². The molecule has 0 aliphatic heterocycles. The minimum atomic E-state index is 1.26. The van der Waals surface area contributed by atoms with E-state index in [0.29, 0.717) is 0 Å². The molecule has 7 rings (SSSR count). The highest BCUT2D eigenvalue weighted by molar-refractivity contribution is 7.19. The predicted octanol–water partition coefficient (Wildman–Crippen LogP) is 9.65. The van der Waals surface area contributed by atoms with E-state index in [2.05, 4.69) is 121 Å². The molecule has 0 radical (unpaired) electrons. The van der Waals surface area contributed by atoms with Gasteiger partial charge < -0.3 is 0 Å². The topological polar surface area (TPSA) is 0 Å². The van der Waals surface area contributed by atoms with Gasteiger partial charge in [-0.25, -0.2) is 0 Å². The van der Waals surface area contributed by atoms with Crippen LogP contribution >= 0.6 is 11.3 Å². The maximum atomic E-state index is 2.36. The van der Waals surface area contributed by atoms with E-state index in [-0.39, 0.29) is 0 Å². The molecule has 0 N–H and O–H groups in total. The minimum Gasteiger partial charge on any atom is -0.135 e. The van der Waals surface area contributed by atoms with Gasteiger partial charge in [0, 0.05) is 20.9 Å². The van der Waals surface area contributed by atoms with E-state index >= 15 is 0 Å². The number of rotatable bonds is 3. The fourth-order valence-electron chi connectivity index (χ4n) is 5.10. The van der Waals surface area contributed by atoms with Crippen molar-refractivity contribution < 1.29 is 0 Å². The summed E-state index contributed by atoms with van der Waals surface area (Å²) in [5, 5.41) is 7.99. The van der Waals surface area contributed by atoms with Crippen molar-refractivity contribution in [3.05, 3.63) is 121 Å². The summed E-state index contributed by atoms with van der Waals surface area (Å²) in [7, 11) is 0. The SMILES string of the molecule is c1ccc(-c2cc(-c3ccccc3)c(-c3ccc4ccc5cccc6ccc3c4c56)s2)cc1. The molecule has 33 heavy (non-hydrogen) atoms. The number of hydrogen-bond donors (Lipinski definition) is 0. The Morgan fingerprint density at radius 1 is 0.424 bits per heavy atom. The van der Waals surface area contributed by atoms with Crippen LogP contribution in [0.4, 0.5) is 0 Å². The molecular weight excluding hydrogens is 416 g/mol. The second-order valence-corrected chi connectivity index (χ2v) is 9.61. The largest absolute Gasteiger partial charge is 0.135 e. The molecule has 0 unspecified atom stereocenters. The normalized spacial score (nSPS) is 11.6. The van der Waals surface area contributed by atoms with E-state index in [4.69, 9.17) is 0 Å². The smallest absolute Gasteiger partial charge is 0.0434 e. The van der Waals surface area contributed by atoms with Crippen LogP contribution in [0.25, 0.3) is 64.3 Å². The van der Waals surface area contributed by atoms with Crippen LogP contribution in [0.2, 0.25) is 0 Å². The maximum Gasteiger partial charge on any atom is 0.0434 e. The quantitative estimate of drug-likeness (QED) is 0.242. The van der Waals surface area contributed by atoms with Crippen LogP contribution in [0, 0.1) is 0 Å². The van der Waals surface area contributed by atoms with Crippen LogP contribution in [0.3, 0.4) is 0 Å². The molecule has 0 spiro atoms. The minimum absolute atomic E-state index is 1.26. The van der Waals surface area contributed by atoms with Crippen LogP contribution < -0.4 is 0 Å². The van der Waals surface area contributed by atoms with Crippen molar-refractivity contribution in [1.82, 2.24) is 0 Å². The molecule has 1 aromatic heterocycles. The first-order valence-corrected chi connectivity index (χ1v) is 12.1. The highest BCUT2D eigenvalue weighted by Gasteiger charge is 2.18. The summed E-state index contributed by atoms with van der Waals surface area (Å²) in [5.74, 6) is 0. The highest BCUT2D eigenvalue weighted by atomic mass is 32.1. The standard InChI is InChI=1S/C32H20S/c1-3-8-21(9-4-1)28-20-29(22-10-5-2-6-11-22)33-32(28)27-19-17-25-15-14-23-12-7-13-24-16-18-26(27)31(25)30(23)24/h1-20H. The Hall–Kier alpha value is -3.94. The van der Waals surface area contributed by atoms with Gasteiger partial charge >= 0.3 is 0 Å². The lowest BCUT2D eigenvalue weighted by Crippen LogP contribution is -1.87. The van der Waals surface area contributed by atoms with Crippen molar-refractivity contribution in [1.29, 1.82) is 0 Å². The third kappa shape index (κ3) is 2.90. The molecule has 0 amide bonds. The summed E-state index contributed by atoms with van der Waals surface area (Å²) in [6, 6.07) is 44.2. The Bertz CT molecular complexity index is 1720. The van der Waals surface area contributed by atoms with Crippen molar-refractivity contribution in [3.8, 4) is 32.0 Å². The molecular formula is C32H20S. The third-order valence-electron chi connectivity index (χ3n) is 6.65. The summed E-state index contributed by atoms with van der Waals surface area (Å²) in [4.78, 5) is 2.63. The Morgan fingerprint density at radius 3 is 1.76 bits per heavy atom. The Balaban J connectivity index is 1.57. The Labute approximate surface area is 196 Å². The Kier molecular flexibility index (Phi) is 4.12. The van der Waals surface area contributed by atoms with Crippen molar-refractivity contribution in [2.75, 3.05) is 0 Å². The molecule has 7 aromatic rings. The zero-order chi connectivity index (χ0) is 21.8. The summed E-state index contributed by atoms with van der Waals surface area (Å²) in [5.41, 5.74) is 5.14. The second-order valence-electron chi connectivity index (χ2n) is 8.55. The zero-order valence-corrected chi connectivity index (χ0v) is 18.8. The molecule has 0 atom stereocenters. The molecule has 1 heterocycles.